The highest BCUT2D eigenvalue weighted by Crippen LogP contribution is 2.40. The molecule has 0 spiro atoms. The Hall–Kier alpha value is -2.83. The number of para-hydroxylation sites is 2. The second kappa shape index (κ2) is 13.2. The molecule has 6 rings (SSSR count). The van der Waals surface area contributed by atoms with Crippen LogP contribution in [0.4, 0.5) is 0 Å². The van der Waals surface area contributed by atoms with Gasteiger partial charge in [0.15, 0.2) is 17.3 Å². The van der Waals surface area contributed by atoms with Crippen LogP contribution in [0.15, 0.2) is 35.9 Å². The lowest BCUT2D eigenvalue weighted by molar-refractivity contribution is -0.140. The zero-order valence-electron chi connectivity index (χ0n) is 25.2. The summed E-state index contributed by atoms with van der Waals surface area (Å²) in [6.45, 7) is 1.68. The molecule has 228 valence electrons. The van der Waals surface area contributed by atoms with Crippen LogP contribution in [0, 0.1) is 23.2 Å². The number of carbonyl (C=O) groups excluding carboxylic acids is 2. The lowest BCUT2D eigenvalue weighted by Gasteiger charge is -2.40. The largest absolute Gasteiger partial charge is 0.485 e. The van der Waals surface area contributed by atoms with Crippen LogP contribution in [-0.2, 0) is 9.59 Å². The Balaban J connectivity index is 1.05. The number of ketones is 1. The molecule has 2 N–H and O–H groups in total. The Morgan fingerprint density at radius 3 is 2.29 bits per heavy atom. The van der Waals surface area contributed by atoms with Crippen molar-refractivity contribution >= 4 is 17.5 Å². The minimum atomic E-state index is -0.603. The molecule has 7 nitrogen and oxygen atoms in total. The fourth-order valence-corrected chi connectivity index (χ4v) is 8.34. The average molecular weight is 576 g/mol. The first-order valence-electron chi connectivity index (χ1n) is 16.7. The molecule has 3 fully saturated rings. The quantitative estimate of drug-likeness (QED) is 0.364. The molecule has 0 aromatic heterocycles. The third kappa shape index (κ3) is 6.86. The van der Waals surface area contributed by atoms with Gasteiger partial charge in [0, 0.05) is 19.5 Å². The third-order valence-corrected chi connectivity index (χ3v) is 10.6. The van der Waals surface area contributed by atoms with Crippen molar-refractivity contribution in [1.29, 1.82) is 5.41 Å². The summed E-state index contributed by atoms with van der Waals surface area (Å²) in [5.41, 5.74) is 0.494. The minimum Gasteiger partial charge on any atom is -0.485 e. The first kappa shape index (κ1) is 29.3. The Labute approximate surface area is 251 Å². The van der Waals surface area contributed by atoms with Gasteiger partial charge in [0.2, 0.25) is 6.10 Å². The van der Waals surface area contributed by atoms with Gasteiger partial charge in [-0.3, -0.25) is 15.0 Å². The number of likely N-dealkylation sites (tertiary alicyclic amines) is 1. The summed E-state index contributed by atoms with van der Waals surface area (Å²) < 4.78 is 11.7. The number of hydrogen-bond acceptors (Lipinski definition) is 5. The summed E-state index contributed by atoms with van der Waals surface area (Å²) in [6, 6.07) is 7.49. The van der Waals surface area contributed by atoms with E-state index in [-0.39, 0.29) is 12.5 Å². The molecule has 3 aliphatic heterocycles. The Bertz CT molecular complexity index is 1150. The van der Waals surface area contributed by atoms with Gasteiger partial charge in [0.05, 0.1) is 5.54 Å². The number of fused-ring (bicyclic) bond motifs is 1. The van der Waals surface area contributed by atoms with Crippen LogP contribution < -0.4 is 14.8 Å². The van der Waals surface area contributed by atoms with Crippen molar-refractivity contribution in [3.63, 3.8) is 0 Å². The fourth-order valence-electron chi connectivity index (χ4n) is 8.34. The molecule has 0 radical (unpaired) electrons. The molecule has 2 saturated carbocycles. The molecule has 5 aliphatic rings. The van der Waals surface area contributed by atoms with Crippen LogP contribution in [0.25, 0.3) is 0 Å². The number of nitrogens with one attached hydrogen (secondary N) is 2. The molecule has 1 aromatic carbocycles. The van der Waals surface area contributed by atoms with Crippen LogP contribution in [-0.4, -0.2) is 53.8 Å². The fraction of sp³-hybridized carbons (Fsp3) is 0.686. The zero-order chi connectivity index (χ0) is 28.9. The van der Waals surface area contributed by atoms with Crippen LogP contribution >= 0.6 is 0 Å². The number of carbonyl (C=O) groups is 2. The number of ether oxygens (including phenoxy) is 2. The monoisotopic (exact) mass is 575 g/mol. The number of benzene rings is 1. The number of Topliss-reactive ketones (excluding diaryl/α,β-unsaturated/α-hetero) is 1. The summed E-state index contributed by atoms with van der Waals surface area (Å²) >= 11 is 0. The van der Waals surface area contributed by atoms with Gasteiger partial charge in [-0.05, 0) is 68.1 Å². The van der Waals surface area contributed by atoms with E-state index in [4.69, 9.17) is 14.9 Å². The SMILES string of the molecule is N=C1C=C(CCC2CCN(C(=O)C3COc4ccccc4O3)C2)CC(=O)C(CC2CCCCC2)(CC2CCCCC2)N1. The van der Waals surface area contributed by atoms with E-state index in [1.54, 1.807) is 0 Å². The molecule has 3 heterocycles. The van der Waals surface area contributed by atoms with Crippen molar-refractivity contribution in [3.05, 3.63) is 35.9 Å². The van der Waals surface area contributed by atoms with E-state index < -0.39 is 11.6 Å². The summed E-state index contributed by atoms with van der Waals surface area (Å²) in [7, 11) is 0. The van der Waals surface area contributed by atoms with Gasteiger partial charge in [0.1, 0.15) is 12.4 Å². The molecular formula is C35H49N3O4. The number of rotatable bonds is 8. The smallest absolute Gasteiger partial charge is 0.267 e. The molecule has 2 unspecified atom stereocenters. The summed E-state index contributed by atoms with van der Waals surface area (Å²) in [6.07, 6.45) is 18.9. The predicted molar refractivity (Wildman–Crippen MR) is 164 cm³/mol. The van der Waals surface area contributed by atoms with E-state index in [1.807, 2.05) is 35.2 Å². The molecule has 1 aromatic rings. The molecule has 1 amide bonds. The van der Waals surface area contributed by atoms with Crippen molar-refractivity contribution < 1.29 is 19.1 Å². The topological polar surface area (TPSA) is 91.7 Å². The van der Waals surface area contributed by atoms with Gasteiger partial charge >= 0.3 is 0 Å². The molecule has 2 aliphatic carbocycles. The maximum atomic E-state index is 14.2. The standard InChI is InChI=1S/C35H49N3O4/c36-33-20-28(16-15-27-17-18-38(23-27)34(40)31-24-41-29-13-7-8-14-30(29)42-31)19-32(39)35(37-33,21-25-9-3-1-4-10-25)22-26-11-5-2-6-12-26/h7-8,13-14,20,25-27,31H,1-6,9-12,15-19,21-24H2,(H2,36,37). The molecule has 7 heteroatoms. The van der Waals surface area contributed by atoms with Crippen LogP contribution in [0.5, 0.6) is 11.5 Å². The molecule has 1 saturated heterocycles. The first-order valence-corrected chi connectivity index (χ1v) is 16.7. The van der Waals surface area contributed by atoms with Crippen molar-refractivity contribution in [1.82, 2.24) is 10.2 Å². The number of amides is 1. The Morgan fingerprint density at radius 1 is 0.929 bits per heavy atom. The van der Waals surface area contributed by atoms with Crippen molar-refractivity contribution in [2.45, 2.75) is 114 Å². The first-order chi connectivity index (χ1) is 20.5. The number of amidine groups is 1. The van der Waals surface area contributed by atoms with Gasteiger partial charge < -0.3 is 19.7 Å². The summed E-state index contributed by atoms with van der Waals surface area (Å²) in [4.78, 5) is 29.3. The number of hydrogen-bond donors (Lipinski definition) is 2. The molecule has 42 heavy (non-hydrogen) atoms. The van der Waals surface area contributed by atoms with Gasteiger partial charge in [-0.1, -0.05) is 81.9 Å². The maximum Gasteiger partial charge on any atom is 0.267 e. The summed E-state index contributed by atoms with van der Waals surface area (Å²) in [5.74, 6) is 3.60. The van der Waals surface area contributed by atoms with Gasteiger partial charge in [-0.25, -0.2) is 0 Å². The Morgan fingerprint density at radius 2 is 1.60 bits per heavy atom. The van der Waals surface area contributed by atoms with E-state index >= 15 is 0 Å². The third-order valence-electron chi connectivity index (χ3n) is 10.6. The maximum absolute atomic E-state index is 14.2. The second-order valence-electron chi connectivity index (χ2n) is 13.8. The number of allylic oxidation sites excluding steroid dienone is 1. The highest BCUT2D eigenvalue weighted by Gasteiger charge is 2.44. The highest BCUT2D eigenvalue weighted by molar-refractivity contribution is 6.02. The van der Waals surface area contributed by atoms with Crippen molar-refractivity contribution in [2.75, 3.05) is 19.7 Å². The van der Waals surface area contributed by atoms with E-state index in [2.05, 4.69) is 5.32 Å². The van der Waals surface area contributed by atoms with E-state index in [0.29, 0.717) is 53.8 Å². The van der Waals surface area contributed by atoms with Crippen molar-refractivity contribution in [3.8, 4) is 11.5 Å². The second-order valence-corrected chi connectivity index (χ2v) is 13.8. The lowest BCUT2D eigenvalue weighted by atomic mass is 9.70. The van der Waals surface area contributed by atoms with Crippen LogP contribution in [0.2, 0.25) is 0 Å². The van der Waals surface area contributed by atoms with E-state index in [0.717, 1.165) is 44.2 Å². The van der Waals surface area contributed by atoms with Crippen molar-refractivity contribution in [2.24, 2.45) is 17.8 Å². The van der Waals surface area contributed by atoms with Crippen LogP contribution in [0.3, 0.4) is 0 Å². The normalized spacial score (nSPS) is 26.9. The van der Waals surface area contributed by atoms with E-state index in [1.165, 1.54) is 64.2 Å². The Kier molecular flexibility index (Phi) is 9.20. The zero-order valence-corrected chi connectivity index (χ0v) is 25.2. The predicted octanol–water partition coefficient (Wildman–Crippen LogP) is 6.60. The summed E-state index contributed by atoms with van der Waals surface area (Å²) in [5, 5.41) is 12.4. The van der Waals surface area contributed by atoms with Gasteiger partial charge in [-0.2, -0.15) is 0 Å². The molecule has 2 atom stereocenters. The molecular weight excluding hydrogens is 526 g/mol. The minimum absolute atomic E-state index is 0.00273. The van der Waals surface area contributed by atoms with Gasteiger partial charge in [0.25, 0.3) is 5.91 Å². The van der Waals surface area contributed by atoms with E-state index in [9.17, 15) is 9.59 Å². The molecule has 0 bridgehead atoms. The highest BCUT2D eigenvalue weighted by atomic mass is 16.6. The van der Waals surface area contributed by atoms with Gasteiger partial charge in [-0.15, -0.1) is 0 Å². The van der Waals surface area contributed by atoms with Crippen LogP contribution in [0.1, 0.15) is 103 Å². The lowest BCUT2D eigenvalue weighted by Crippen LogP contribution is -2.55. The number of nitrogens with zero attached hydrogens (tertiary/aromatic N) is 1. The average Bonchev–Trinajstić information content (AvgIpc) is 3.45.